The number of allylic oxidation sites excluding steroid dienone is 6. The SMILES string of the molecule is CC(=O)O[C@H]1CC[C@]2(C)C3=CC[C@]4(C)[C@@H]([C@@H](CCC=C(C)C)C(=O)O)CC[C@@]4(C)C3=CC[C@H]2C1(C)C. The average Bonchev–Trinajstić information content (AvgIpc) is 3.04. The second-order valence-electron chi connectivity index (χ2n) is 13.8. The summed E-state index contributed by atoms with van der Waals surface area (Å²) in [5, 5.41) is 10.3. The summed E-state index contributed by atoms with van der Waals surface area (Å²) in [7, 11) is 0. The van der Waals surface area contributed by atoms with Crippen LogP contribution in [0.3, 0.4) is 0 Å². The van der Waals surface area contributed by atoms with Crippen LogP contribution in [0.15, 0.2) is 34.9 Å². The molecule has 0 bridgehead atoms. The Kier molecular flexibility index (Phi) is 6.93. The van der Waals surface area contributed by atoms with Gasteiger partial charge in [-0.25, -0.2) is 0 Å². The molecule has 4 rings (SSSR count). The molecule has 0 aromatic rings. The van der Waals surface area contributed by atoms with E-state index in [1.807, 2.05) is 0 Å². The smallest absolute Gasteiger partial charge is 0.306 e. The highest BCUT2D eigenvalue weighted by Gasteiger charge is 2.64. The number of aliphatic carboxylic acids is 1. The van der Waals surface area contributed by atoms with Crippen LogP contribution in [0.4, 0.5) is 0 Å². The minimum absolute atomic E-state index is 0.00316. The number of fused-ring (bicyclic) bond motifs is 5. The lowest BCUT2D eigenvalue weighted by Gasteiger charge is -2.61. The molecule has 4 nitrogen and oxygen atoms in total. The number of hydrogen-bond acceptors (Lipinski definition) is 3. The third kappa shape index (κ3) is 4.02. The summed E-state index contributed by atoms with van der Waals surface area (Å²) < 4.78 is 5.81. The number of carbonyl (C=O) groups excluding carboxylic acids is 1. The lowest BCUT2D eigenvalue weighted by Crippen LogP contribution is -2.55. The largest absolute Gasteiger partial charge is 0.481 e. The lowest BCUT2D eigenvalue weighted by atomic mass is 9.44. The topological polar surface area (TPSA) is 63.6 Å². The third-order valence-electron chi connectivity index (χ3n) is 11.4. The zero-order valence-corrected chi connectivity index (χ0v) is 23.9. The predicted octanol–water partition coefficient (Wildman–Crippen LogP) is 7.89. The fourth-order valence-corrected chi connectivity index (χ4v) is 9.12. The van der Waals surface area contributed by atoms with E-state index in [0.717, 1.165) is 51.4 Å². The van der Waals surface area contributed by atoms with Gasteiger partial charge in [0.05, 0.1) is 5.92 Å². The van der Waals surface area contributed by atoms with Crippen molar-refractivity contribution in [1.82, 2.24) is 0 Å². The molecule has 0 radical (unpaired) electrons. The van der Waals surface area contributed by atoms with Gasteiger partial charge in [0, 0.05) is 12.3 Å². The molecule has 0 heterocycles. The summed E-state index contributed by atoms with van der Waals surface area (Å²) in [5.41, 5.74) is 4.16. The minimum Gasteiger partial charge on any atom is -0.481 e. The third-order valence-corrected chi connectivity index (χ3v) is 11.4. The summed E-state index contributed by atoms with van der Waals surface area (Å²) in [5.74, 6) is -0.505. The summed E-state index contributed by atoms with van der Waals surface area (Å²) >= 11 is 0. The van der Waals surface area contributed by atoms with Gasteiger partial charge in [-0.1, -0.05) is 58.4 Å². The summed E-state index contributed by atoms with van der Waals surface area (Å²) in [6.45, 7) is 17.5. The van der Waals surface area contributed by atoms with E-state index in [2.05, 4.69) is 66.7 Å². The molecule has 2 fully saturated rings. The average molecular weight is 497 g/mol. The Morgan fingerprint density at radius 3 is 2.36 bits per heavy atom. The number of hydrogen-bond donors (Lipinski definition) is 1. The molecule has 0 aromatic carbocycles. The first kappa shape index (κ1) is 27.2. The highest BCUT2D eigenvalue weighted by Crippen LogP contribution is 2.71. The van der Waals surface area contributed by atoms with Gasteiger partial charge >= 0.3 is 11.9 Å². The molecule has 4 aliphatic carbocycles. The van der Waals surface area contributed by atoms with Crippen molar-refractivity contribution in [2.24, 2.45) is 39.4 Å². The van der Waals surface area contributed by atoms with Crippen LogP contribution >= 0.6 is 0 Å². The van der Waals surface area contributed by atoms with Crippen LogP contribution in [0.5, 0.6) is 0 Å². The highest BCUT2D eigenvalue weighted by atomic mass is 16.5. The Labute approximate surface area is 218 Å². The zero-order chi connectivity index (χ0) is 26.7. The van der Waals surface area contributed by atoms with Gasteiger partial charge in [0.2, 0.25) is 0 Å². The number of carboxylic acids is 1. The van der Waals surface area contributed by atoms with Gasteiger partial charge in [-0.05, 0) is 104 Å². The first-order chi connectivity index (χ1) is 16.7. The van der Waals surface area contributed by atoms with Gasteiger partial charge in [0.15, 0.2) is 0 Å². The molecule has 4 aliphatic rings. The fourth-order valence-electron chi connectivity index (χ4n) is 9.12. The van der Waals surface area contributed by atoms with Crippen molar-refractivity contribution >= 4 is 11.9 Å². The molecule has 7 atom stereocenters. The van der Waals surface area contributed by atoms with Gasteiger partial charge in [-0.3, -0.25) is 9.59 Å². The molecule has 2 saturated carbocycles. The van der Waals surface area contributed by atoms with Gasteiger partial charge in [0.1, 0.15) is 6.10 Å². The number of rotatable bonds is 6. The van der Waals surface area contributed by atoms with Gasteiger partial charge in [-0.15, -0.1) is 0 Å². The highest BCUT2D eigenvalue weighted by molar-refractivity contribution is 5.71. The maximum Gasteiger partial charge on any atom is 0.306 e. The van der Waals surface area contributed by atoms with E-state index >= 15 is 0 Å². The maximum atomic E-state index is 12.5. The van der Waals surface area contributed by atoms with Gasteiger partial charge < -0.3 is 9.84 Å². The van der Waals surface area contributed by atoms with Crippen LogP contribution in [0.2, 0.25) is 0 Å². The van der Waals surface area contributed by atoms with Crippen LogP contribution < -0.4 is 0 Å². The van der Waals surface area contributed by atoms with Gasteiger partial charge in [0.25, 0.3) is 0 Å². The Bertz CT molecular complexity index is 1010. The van der Waals surface area contributed by atoms with E-state index in [9.17, 15) is 14.7 Å². The number of carbonyl (C=O) groups is 2. The van der Waals surface area contributed by atoms with E-state index in [1.165, 1.54) is 23.6 Å². The molecule has 0 amide bonds. The number of ether oxygens (including phenoxy) is 1. The van der Waals surface area contributed by atoms with E-state index in [0.29, 0.717) is 5.92 Å². The van der Waals surface area contributed by atoms with Crippen molar-refractivity contribution in [2.45, 2.75) is 113 Å². The van der Waals surface area contributed by atoms with Crippen molar-refractivity contribution in [3.63, 3.8) is 0 Å². The van der Waals surface area contributed by atoms with Gasteiger partial charge in [-0.2, -0.15) is 0 Å². The van der Waals surface area contributed by atoms with Crippen LogP contribution in [-0.4, -0.2) is 23.1 Å². The molecule has 0 saturated heterocycles. The summed E-state index contributed by atoms with van der Waals surface area (Å²) in [6, 6.07) is 0. The first-order valence-corrected chi connectivity index (χ1v) is 14.1. The maximum absolute atomic E-state index is 12.5. The van der Waals surface area contributed by atoms with E-state index < -0.39 is 5.97 Å². The normalized spacial score (nSPS) is 39.5. The number of esters is 1. The van der Waals surface area contributed by atoms with Crippen LogP contribution in [0.1, 0.15) is 107 Å². The molecular weight excluding hydrogens is 448 g/mol. The molecule has 1 N–H and O–H groups in total. The quantitative estimate of drug-likeness (QED) is 0.300. The predicted molar refractivity (Wildman–Crippen MR) is 144 cm³/mol. The Morgan fingerprint density at radius 2 is 1.75 bits per heavy atom. The van der Waals surface area contributed by atoms with Crippen molar-refractivity contribution in [3.05, 3.63) is 34.9 Å². The standard InChI is InChI=1S/C32H48O4/c1-20(2)10-9-11-22(28(34)35)23-14-18-32(8)25-12-13-26-29(4,5)27(36-21(3)33)16-17-30(26,6)24(25)15-19-31(23,32)7/h10,12,15,22-23,26-27H,9,11,13-14,16-19H2,1-8H3,(H,34,35)/t22-,23-,26+,27+,30-,31-,32+/m1/s1. The summed E-state index contributed by atoms with van der Waals surface area (Å²) in [6.07, 6.45) is 14.6. The molecule has 0 aliphatic heterocycles. The van der Waals surface area contributed by atoms with Crippen molar-refractivity contribution < 1.29 is 19.4 Å². The molecule has 0 spiro atoms. The molecule has 36 heavy (non-hydrogen) atoms. The molecular formula is C32H48O4. The number of carboxylic acid groups (broad SMARTS) is 1. The fraction of sp³-hybridized carbons (Fsp3) is 0.750. The Balaban J connectivity index is 1.68. The second-order valence-corrected chi connectivity index (χ2v) is 13.8. The van der Waals surface area contributed by atoms with E-state index in [1.54, 1.807) is 0 Å². The minimum atomic E-state index is -0.627. The molecule has 200 valence electrons. The van der Waals surface area contributed by atoms with Crippen molar-refractivity contribution in [3.8, 4) is 0 Å². The van der Waals surface area contributed by atoms with E-state index in [4.69, 9.17) is 4.74 Å². The monoisotopic (exact) mass is 496 g/mol. The van der Waals surface area contributed by atoms with Crippen LogP contribution in [-0.2, 0) is 14.3 Å². The zero-order valence-electron chi connectivity index (χ0n) is 23.9. The lowest BCUT2D eigenvalue weighted by molar-refractivity contribution is -0.165. The van der Waals surface area contributed by atoms with Crippen LogP contribution in [0, 0.1) is 39.4 Å². The first-order valence-electron chi connectivity index (χ1n) is 14.1. The van der Waals surface area contributed by atoms with Crippen LogP contribution in [0.25, 0.3) is 0 Å². The Morgan fingerprint density at radius 1 is 1.06 bits per heavy atom. The Hall–Kier alpha value is -1.84. The van der Waals surface area contributed by atoms with Crippen molar-refractivity contribution in [2.75, 3.05) is 0 Å². The summed E-state index contributed by atoms with van der Waals surface area (Å²) in [4.78, 5) is 24.3. The van der Waals surface area contributed by atoms with Crippen molar-refractivity contribution in [1.29, 1.82) is 0 Å². The second kappa shape index (κ2) is 9.17. The molecule has 4 heteroatoms. The molecule has 0 aromatic heterocycles. The molecule has 0 unspecified atom stereocenters. The van der Waals surface area contributed by atoms with E-state index in [-0.39, 0.29) is 45.6 Å².